The number of nitrogens with zero attached hydrogens (tertiary/aromatic N) is 3. The van der Waals surface area contributed by atoms with E-state index in [9.17, 15) is 15.0 Å². The Kier molecular flexibility index (Phi) is 6.31. The minimum absolute atomic E-state index is 0.150. The SMILES string of the molecule is O=C(CN1Cc2ccccc2C1)N1C[C@@H](CN2CCC(CO)CC2)[C@@H](CO)C1. The molecule has 6 heteroatoms. The van der Waals surface area contributed by atoms with E-state index in [1.54, 1.807) is 0 Å². The molecule has 1 amide bonds. The Morgan fingerprint density at radius 2 is 1.57 bits per heavy atom. The average molecular weight is 388 g/mol. The molecule has 0 saturated carbocycles. The minimum Gasteiger partial charge on any atom is -0.396 e. The van der Waals surface area contributed by atoms with Crippen LogP contribution in [0.5, 0.6) is 0 Å². The molecular formula is C22H33N3O3. The van der Waals surface area contributed by atoms with Crippen molar-refractivity contribution >= 4 is 5.91 Å². The van der Waals surface area contributed by atoms with Crippen molar-refractivity contribution in [2.75, 3.05) is 52.5 Å². The van der Waals surface area contributed by atoms with Gasteiger partial charge in [-0.1, -0.05) is 24.3 Å². The van der Waals surface area contributed by atoms with Crippen LogP contribution in [0.4, 0.5) is 0 Å². The first-order valence-corrected chi connectivity index (χ1v) is 10.7. The fourth-order valence-corrected chi connectivity index (χ4v) is 5.05. The molecule has 154 valence electrons. The van der Waals surface area contributed by atoms with Crippen molar-refractivity contribution in [1.82, 2.24) is 14.7 Å². The second-order valence-corrected chi connectivity index (χ2v) is 8.84. The molecule has 3 heterocycles. The van der Waals surface area contributed by atoms with E-state index in [0.717, 1.165) is 52.1 Å². The number of carbonyl (C=O) groups is 1. The Morgan fingerprint density at radius 1 is 0.929 bits per heavy atom. The molecule has 2 fully saturated rings. The van der Waals surface area contributed by atoms with Gasteiger partial charge in [0.05, 0.1) is 6.54 Å². The predicted octanol–water partition coefficient (Wildman–Crippen LogP) is 0.773. The first-order valence-electron chi connectivity index (χ1n) is 10.7. The fraction of sp³-hybridized carbons (Fsp3) is 0.682. The average Bonchev–Trinajstić information content (AvgIpc) is 3.31. The van der Waals surface area contributed by atoms with Crippen LogP contribution in [0.3, 0.4) is 0 Å². The number of hydrogen-bond acceptors (Lipinski definition) is 5. The minimum atomic E-state index is 0.150. The summed E-state index contributed by atoms with van der Waals surface area (Å²) in [7, 11) is 0. The van der Waals surface area contributed by atoms with Gasteiger partial charge in [0, 0.05) is 51.9 Å². The third kappa shape index (κ3) is 4.40. The number of hydrogen-bond donors (Lipinski definition) is 2. The van der Waals surface area contributed by atoms with Crippen molar-refractivity contribution < 1.29 is 15.0 Å². The van der Waals surface area contributed by atoms with E-state index in [0.29, 0.717) is 31.5 Å². The molecule has 0 bridgehead atoms. The van der Waals surface area contributed by atoms with Gasteiger partial charge in [0.1, 0.15) is 0 Å². The lowest BCUT2D eigenvalue weighted by Crippen LogP contribution is -2.40. The molecule has 6 nitrogen and oxygen atoms in total. The van der Waals surface area contributed by atoms with Crippen LogP contribution in [-0.4, -0.2) is 83.3 Å². The van der Waals surface area contributed by atoms with Crippen LogP contribution in [0, 0.1) is 17.8 Å². The lowest BCUT2D eigenvalue weighted by Gasteiger charge is -2.33. The molecule has 3 aliphatic rings. The van der Waals surface area contributed by atoms with Gasteiger partial charge in [0.25, 0.3) is 0 Å². The van der Waals surface area contributed by atoms with E-state index in [-0.39, 0.29) is 18.4 Å². The summed E-state index contributed by atoms with van der Waals surface area (Å²) < 4.78 is 0. The second kappa shape index (κ2) is 8.91. The lowest BCUT2D eigenvalue weighted by atomic mass is 9.93. The van der Waals surface area contributed by atoms with Crippen molar-refractivity contribution in [3.8, 4) is 0 Å². The van der Waals surface area contributed by atoms with Gasteiger partial charge in [0.2, 0.25) is 5.91 Å². The molecule has 2 atom stereocenters. The zero-order valence-electron chi connectivity index (χ0n) is 16.7. The molecule has 2 N–H and O–H groups in total. The molecule has 0 aromatic heterocycles. The van der Waals surface area contributed by atoms with Gasteiger partial charge < -0.3 is 20.0 Å². The Morgan fingerprint density at radius 3 is 2.18 bits per heavy atom. The van der Waals surface area contributed by atoms with Crippen molar-refractivity contribution in [3.05, 3.63) is 35.4 Å². The molecule has 2 saturated heterocycles. The van der Waals surface area contributed by atoms with Gasteiger partial charge >= 0.3 is 0 Å². The van der Waals surface area contributed by atoms with Gasteiger partial charge in [-0.05, 0) is 48.9 Å². The highest BCUT2D eigenvalue weighted by molar-refractivity contribution is 5.78. The highest BCUT2D eigenvalue weighted by Gasteiger charge is 2.37. The maximum absolute atomic E-state index is 12.9. The van der Waals surface area contributed by atoms with Crippen LogP contribution in [0.2, 0.25) is 0 Å². The molecule has 0 aliphatic carbocycles. The zero-order valence-corrected chi connectivity index (χ0v) is 16.7. The Labute approximate surface area is 167 Å². The highest BCUT2D eigenvalue weighted by Crippen LogP contribution is 2.27. The van der Waals surface area contributed by atoms with E-state index < -0.39 is 0 Å². The summed E-state index contributed by atoms with van der Waals surface area (Å²) >= 11 is 0. The van der Waals surface area contributed by atoms with Crippen LogP contribution in [-0.2, 0) is 17.9 Å². The monoisotopic (exact) mass is 387 g/mol. The number of fused-ring (bicyclic) bond motifs is 1. The number of carbonyl (C=O) groups excluding carboxylic acids is 1. The van der Waals surface area contributed by atoms with Gasteiger partial charge in [0.15, 0.2) is 0 Å². The van der Waals surface area contributed by atoms with Crippen LogP contribution in [0.15, 0.2) is 24.3 Å². The highest BCUT2D eigenvalue weighted by atomic mass is 16.3. The molecule has 0 unspecified atom stereocenters. The summed E-state index contributed by atoms with van der Waals surface area (Å²) in [5.41, 5.74) is 2.66. The summed E-state index contributed by atoms with van der Waals surface area (Å²) in [4.78, 5) is 19.5. The third-order valence-corrected chi connectivity index (χ3v) is 6.89. The maximum atomic E-state index is 12.9. The summed E-state index contributed by atoms with van der Waals surface area (Å²) in [5.74, 6) is 1.15. The smallest absolute Gasteiger partial charge is 0.236 e. The van der Waals surface area contributed by atoms with Gasteiger partial charge in [-0.2, -0.15) is 0 Å². The molecule has 28 heavy (non-hydrogen) atoms. The van der Waals surface area contributed by atoms with Gasteiger partial charge in [-0.25, -0.2) is 0 Å². The molecule has 1 aromatic carbocycles. The zero-order chi connectivity index (χ0) is 19.5. The molecular weight excluding hydrogens is 354 g/mol. The first kappa shape index (κ1) is 19.8. The second-order valence-electron chi connectivity index (χ2n) is 8.84. The lowest BCUT2D eigenvalue weighted by molar-refractivity contribution is -0.131. The van der Waals surface area contributed by atoms with Crippen molar-refractivity contribution in [2.45, 2.75) is 25.9 Å². The first-order chi connectivity index (χ1) is 13.7. The van der Waals surface area contributed by atoms with Gasteiger partial charge in [-0.3, -0.25) is 9.69 Å². The number of piperidine rings is 1. The number of aliphatic hydroxyl groups is 2. The Balaban J connectivity index is 1.28. The van der Waals surface area contributed by atoms with E-state index in [4.69, 9.17) is 0 Å². The van der Waals surface area contributed by atoms with Crippen LogP contribution in [0.1, 0.15) is 24.0 Å². The van der Waals surface area contributed by atoms with E-state index in [1.807, 2.05) is 4.90 Å². The van der Waals surface area contributed by atoms with E-state index in [2.05, 4.69) is 34.1 Å². The largest absolute Gasteiger partial charge is 0.396 e. The summed E-state index contributed by atoms with van der Waals surface area (Å²) in [6, 6.07) is 8.41. The molecule has 4 rings (SSSR count). The number of aliphatic hydroxyl groups excluding tert-OH is 2. The van der Waals surface area contributed by atoms with Crippen molar-refractivity contribution in [3.63, 3.8) is 0 Å². The maximum Gasteiger partial charge on any atom is 0.236 e. The number of rotatable bonds is 6. The quantitative estimate of drug-likeness (QED) is 0.755. The van der Waals surface area contributed by atoms with Gasteiger partial charge in [-0.15, -0.1) is 0 Å². The molecule has 0 radical (unpaired) electrons. The number of likely N-dealkylation sites (tertiary alicyclic amines) is 2. The fourth-order valence-electron chi connectivity index (χ4n) is 5.05. The Hall–Kier alpha value is -1.47. The van der Waals surface area contributed by atoms with E-state index in [1.165, 1.54) is 11.1 Å². The standard InChI is InChI=1S/C22H33N3O3/c26-15-17-5-7-23(8-6-17)11-20-12-25(13-21(20)16-27)22(28)14-24-9-18-3-1-2-4-19(18)10-24/h1-4,17,20-21,26-27H,5-16H2/t20-,21-/m1/s1. The van der Waals surface area contributed by atoms with Crippen LogP contribution >= 0.6 is 0 Å². The summed E-state index contributed by atoms with van der Waals surface area (Å²) in [6.07, 6.45) is 2.09. The summed E-state index contributed by atoms with van der Waals surface area (Å²) in [6.45, 7) is 7.00. The van der Waals surface area contributed by atoms with E-state index >= 15 is 0 Å². The predicted molar refractivity (Wildman–Crippen MR) is 107 cm³/mol. The normalized spacial score (nSPS) is 26.7. The number of amides is 1. The van der Waals surface area contributed by atoms with Crippen LogP contribution in [0.25, 0.3) is 0 Å². The summed E-state index contributed by atoms with van der Waals surface area (Å²) in [5, 5.41) is 19.2. The molecule has 0 spiro atoms. The van der Waals surface area contributed by atoms with Crippen molar-refractivity contribution in [2.24, 2.45) is 17.8 Å². The third-order valence-electron chi connectivity index (χ3n) is 6.89. The Bertz CT molecular complexity index is 650. The number of benzene rings is 1. The topological polar surface area (TPSA) is 67.3 Å². The van der Waals surface area contributed by atoms with Crippen LogP contribution < -0.4 is 0 Å². The molecule has 1 aromatic rings. The van der Waals surface area contributed by atoms with Crippen molar-refractivity contribution in [1.29, 1.82) is 0 Å². The molecule has 3 aliphatic heterocycles.